The summed E-state index contributed by atoms with van der Waals surface area (Å²) in [7, 11) is -4.31. The maximum absolute atomic E-state index is 12.1. The normalized spacial score (nSPS) is 15.6. The molecule has 0 aromatic heterocycles. The number of nitrogens with one attached hydrogen (secondary N) is 1. The number of nitrogens with zero attached hydrogens (tertiary/aromatic N) is 1. The minimum absolute atomic E-state index is 0.0439. The Balaban J connectivity index is 1.47. The molecule has 9 nitrogen and oxygen atoms in total. The van der Waals surface area contributed by atoms with E-state index in [1.165, 1.54) is 18.2 Å². The van der Waals surface area contributed by atoms with Crippen LogP contribution in [0.5, 0.6) is 11.5 Å². The third-order valence-corrected chi connectivity index (χ3v) is 7.84. The second kappa shape index (κ2) is 12.8. The van der Waals surface area contributed by atoms with Crippen LogP contribution >= 0.6 is 0 Å². The molecule has 1 aliphatic rings. The van der Waals surface area contributed by atoms with Crippen molar-refractivity contribution in [3.8, 4) is 11.5 Å². The maximum Gasteiger partial charge on any atom is 0.268 e. The lowest BCUT2D eigenvalue weighted by atomic mass is 9.98. The molecule has 6 N–H and O–H groups in total. The van der Waals surface area contributed by atoms with E-state index in [0.717, 1.165) is 22.3 Å². The van der Waals surface area contributed by atoms with Crippen LogP contribution in [-0.2, 0) is 29.5 Å². The summed E-state index contributed by atoms with van der Waals surface area (Å²) < 4.78 is 39.9. The zero-order chi connectivity index (χ0) is 27.8. The Morgan fingerprint density at radius 3 is 2.62 bits per heavy atom. The van der Waals surface area contributed by atoms with Crippen LogP contribution in [0.1, 0.15) is 46.8 Å². The first-order valence-electron chi connectivity index (χ1n) is 12.6. The van der Waals surface area contributed by atoms with E-state index >= 15 is 0 Å². The fourth-order valence-corrected chi connectivity index (χ4v) is 5.18. The SMILES string of the molecule is NC1=NCOc2ccc(CCC(CC=CC(O)c3ccc(O)cc3)S(=O)(=O)O)cc2Cc2cccc(c2)CN1. The monoisotopic (exact) mass is 551 g/mol. The highest BCUT2D eigenvalue weighted by atomic mass is 32.2. The number of benzene rings is 3. The van der Waals surface area contributed by atoms with Crippen molar-refractivity contribution in [2.24, 2.45) is 10.7 Å². The van der Waals surface area contributed by atoms with Crippen molar-refractivity contribution in [2.75, 3.05) is 6.73 Å². The predicted molar refractivity (Wildman–Crippen MR) is 150 cm³/mol. The summed E-state index contributed by atoms with van der Waals surface area (Å²) in [6, 6.07) is 19.9. The standard InChI is InChI=1S/C29H33N3O6S/c30-29-31-18-22-4-1-3-21(15-22)17-24-16-20(8-14-28(24)38-19-32-29)7-13-26(39(35,36)37)5-2-6-27(34)23-9-11-25(33)12-10-23/h1-4,6,8-12,14-16,26-27,33-34H,5,7,13,17-19H2,(H3,30,31,32)(H,35,36,37). The molecule has 1 heterocycles. The van der Waals surface area contributed by atoms with Gasteiger partial charge in [-0.3, -0.25) is 4.55 Å². The minimum atomic E-state index is -4.31. The summed E-state index contributed by atoms with van der Waals surface area (Å²) in [5.41, 5.74) is 10.5. The molecular weight excluding hydrogens is 518 g/mol. The number of ether oxygens (including phenoxy) is 1. The molecule has 0 fully saturated rings. The number of aliphatic hydroxyl groups is 1. The van der Waals surface area contributed by atoms with Crippen molar-refractivity contribution >= 4 is 16.1 Å². The fraction of sp³-hybridized carbons (Fsp3) is 0.276. The molecule has 0 amide bonds. The molecule has 39 heavy (non-hydrogen) atoms. The first-order valence-corrected chi connectivity index (χ1v) is 14.1. The zero-order valence-electron chi connectivity index (χ0n) is 21.4. The lowest BCUT2D eigenvalue weighted by Crippen LogP contribution is -2.31. The number of aliphatic imine (C=N–C) groups is 1. The molecule has 3 aromatic rings. The van der Waals surface area contributed by atoms with Crippen LogP contribution in [-0.4, -0.2) is 41.1 Å². The number of aliphatic hydroxyl groups excluding tert-OH is 1. The average Bonchev–Trinajstić information content (AvgIpc) is 2.89. The fourth-order valence-electron chi connectivity index (χ4n) is 4.41. The van der Waals surface area contributed by atoms with Gasteiger partial charge in [0.25, 0.3) is 10.1 Å². The van der Waals surface area contributed by atoms with Gasteiger partial charge in [0.2, 0.25) is 0 Å². The summed E-state index contributed by atoms with van der Waals surface area (Å²) in [6.07, 6.45) is 3.34. The molecule has 4 rings (SSSR count). The van der Waals surface area contributed by atoms with Crippen LogP contribution in [0.25, 0.3) is 0 Å². The van der Waals surface area contributed by atoms with Crippen LogP contribution < -0.4 is 15.8 Å². The van der Waals surface area contributed by atoms with E-state index in [2.05, 4.69) is 16.4 Å². The van der Waals surface area contributed by atoms with Gasteiger partial charge in [-0.1, -0.05) is 60.7 Å². The van der Waals surface area contributed by atoms with E-state index in [1.54, 1.807) is 18.2 Å². The van der Waals surface area contributed by atoms with Gasteiger partial charge >= 0.3 is 0 Å². The number of allylic oxidation sites excluding steroid dienone is 1. The Morgan fingerprint density at radius 1 is 1.08 bits per heavy atom. The quantitative estimate of drug-likeness (QED) is 0.210. The van der Waals surface area contributed by atoms with E-state index in [1.807, 2.05) is 36.4 Å². The van der Waals surface area contributed by atoms with E-state index in [9.17, 15) is 23.2 Å². The number of phenols is 1. The highest BCUT2D eigenvalue weighted by molar-refractivity contribution is 7.86. The van der Waals surface area contributed by atoms with Gasteiger partial charge in [0.05, 0.1) is 11.4 Å². The first kappa shape index (κ1) is 28.2. The number of hydrogen-bond acceptors (Lipinski definition) is 8. The van der Waals surface area contributed by atoms with E-state index in [-0.39, 0.29) is 25.3 Å². The third-order valence-electron chi connectivity index (χ3n) is 6.57. The molecule has 0 saturated carbocycles. The number of hydrogen-bond donors (Lipinski definition) is 5. The maximum atomic E-state index is 12.1. The average molecular weight is 552 g/mol. The van der Waals surface area contributed by atoms with Crippen LogP contribution in [0, 0.1) is 0 Å². The van der Waals surface area contributed by atoms with Crippen LogP contribution in [0.15, 0.2) is 83.9 Å². The summed E-state index contributed by atoms with van der Waals surface area (Å²) >= 11 is 0. The highest BCUT2D eigenvalue weighted by Gasteiger charge is 2.22. The molecule has 2 atom stereocenters. The number of aryl methyl sites for hydroxylation is 1. The van der Waals surface area contributed by atoms with Crippen molar-refractivity contribution < 1.29 is 27.9 Å². The number of nitrogens with two attached hydrogens (primary N) is 1. The van der Waals surface area contributed by atoms with Crippen molar-refractivity contribution in [1.82, 2.24) is 5.32 Å². The van der Waals surface area contributed by atoms with Gasteiger partial charge in [0.15, 0.2) is 12.7 Å². The second-order valence-electron chi connectivity index (χ2n) is 9.49. The first-order chi connectivity index (χ1) is 18.7. The summed E-state index contributed by atoms with van der Waals surface area (Å²) in [4.78, 5) is 4.20. The summed E-state index contributed by atoms with van der Waals surface area (Å²) in [6.45, 7) is 0.611. The van der Waals surface area contributed by atoms with Crippen molar-refractivity contribution in [3.05, 3.63) is 107 Å². The van der Waals surface area contributed by atoms with Crippen molar-refractivity contribution in [1.29, 1.82) is 0 Å². The molecule has 1 aliphatic heterocycles. The number of fused-ring (bicyclic) bond motifs is 3. The Morgan fingerprint density at radius 2 is 1.85 bits per heavy atom. The predicted octanol–water partition coefficient (Wildman–Crippen LogP) is 3.61. The van der Waals surface area contributed by atoms with Gasteiger partial charge in [0, 0.05) is 13.0 Å². The Kier molecular flexibility index (Phi) is 9.23. The lowest BCUT2D eigenvalue weighted by Gasteiger charge is -2.16. The molecule has 0 aliphatic carbocycles. The number of rotatable bonds is 8. The third kappa shape index (κ3) is 8.31. The summed E-state index contributed by atoms with van der Waals surface area (Å²) in [5.74, 6) is 1.04. The highest BCUT2D eigenvalue weighted by Crippen LogP contribution is 2.26. The van der Waals surface area contributed by atoms with Gasteiger partial charge in [0.1, 0.15) is 11.5 Å². The van der Waals surface area contributed by atoms with Crippen LogP contribution in [0.3, 0.4) is 0 Å². The molecule has 0 saturated heterocycles. The molecule has 0 spiro atoms. The Bertz CT molecular complexity index is 1440. The van der Waals surface area contributed by atoms with Gasteiger partial charge < -0.3 is 26.0 Å². The second-order valence-corrected chi connectivity index (χ2v) is 11.2. The van der Waals surface area contributed by atoms with E-state index in [0.29, 0.717) is 36.7 Å². The molecule has 206 valence electrons. The Hall–Kier alpha value is -3.86. The smallest absolute Gasteiger partial charge is 0.268 e. The number of guanidine groups is 1. The molecular formula is C29H33N3O6S. The molecule has 10 heteroatoms. The zero-order valence-corrected chi connectivity index (χ0v) is 22.2. The lowest BCUT2D eigenvalue weighted by molar-refractivity contribution is 0.228. The van der Waals surface area contributed by atoms with E-state index in [4.69, 9.17) is 10.5 Å². The van der Waals surface area contributed by atoms with Crippen LogP contribution in [0.4, 0.5) is 0 Å². The van der Waals surface area contributed by atoms with E-state index < -0.39 is 21.5 Å². The van der Waals surface area contributed by atoms with Gasteiger partial charge in [-0.25, -0.2) is 4.99 Å². The number of phenolic OH excluding ortho intramolecular Hbond substituents is 1. The van der Waals surface area contributed by atoms with Crippen LogP contribution in [0.2, 0.25) is 0 Å². The number of aromatic hydroxyl groups is 1. The van der Waals surface area contributed by atoms with Gasteiger partial charge in [-0.15, -0.1) is 0 Å². The van der Waals surface area contributed by atoms with Gasteiger partial charge in [-0.05, 0) is 65.3 Å². The topological polar surface area (TPSA) is 154 Å². The largest absolute Gasteiger partial charge is 0.508 e. The summed E-state index contributed by atoms with van der Waals surface area (Å²) in [5, 5.41) is 21.7. The molecule has 3 aromatic carbocycles. The Labute approximate surface area is 228 Å². The van der Waals surface area contributed by atoms with Crippen molar-refractivity contribution in [3.63, 3.8) is 0 Å². The molecule has 0 radical (unpaired) electrons. The van der Waals surface area contributed by atoms with Crippen molar-refractivity contribution in [2.45, 2.75) is 43.6 Å². The minimum Gasteiger partial charge on any atom is -0.508 e. The van der Waals surface area contributed by atoms with Gasteiger partial charge in [-0.2, -0.15) is 8.42 Å². The molecule has 2 unspecified atom stereocenters. The molecule has 2 bridgehead atoms.